The van der Waals surface area contributed by atoms with Gasteiger partial charge in [-0.25, -0.2) is 0 Å². The molecule has 3 rings (SSSR count). The first-order chi connectivity index (χ1) is 14.2. The highest BCUT2D eigenvalue weighted by molar-refractivity contribution is 5.69. The number of carbonyl (C=O) groups is 1. The van der Waals surface area contributed by atoms with Gasteiger partial charge in [0, 0.05) is 6.42 Å². The Balaban J connectivity index is 1.44. The van der Waals surface area contributed by atoms with E-state index in [2.05, 4.69) is 48.1 Å². The lowest BCUT2D eigenvalue weighted by atomic mass is 9.79. The fraction of sp³-hybridized carbons (Fsp3) is 0.500. The van der Waals surface area contributed by atoms with Gasteiger partial charge in [-0.15, -0.1) is 0 Å². The van der Waals surface area contributed by atoms with Crippen LogP contribution in [-0.4, -0.2) is 19.7 Å². The zero-order valence-electron chi connectivity index (χ0n) is 17.9. The molecule has 1 aliphatic carbocycles. The van der Waals surface area contributed by atoms with Crippen molar-refractivity contribution in [3.63, 3.8) is 0 Å². The van der Waals surface area contributed by atoms with Crippen LogP contribution in [0.1, 0.15) is 69.8 Å². The summed E-state index contributed by atoms with van der Waals surface area (Å²) in [7, 11) is 1.43. The van der Waals surface area contributed by atoms with Crippen molar-refractivity contribution in [3.05, 3.63) is 54.1 Å². The van der Waals surface area contributed by atoms with Crippen LogP contribution in [0.4, 0.5) is 0 Å². The smallest absolute Gasteiger partial charge is 0.305 e. The van der Waals surface area contributed by atoms with Crippen LogP contribution in [-0.2, 0) is 9.53 Å². The van der Waals surface area contributed by atoms with Crippen molar-refractivity contribution < 1.29 is 14.3 Å². The molecule has 0 atom stereocenters. The van der Waals surface area contributed by atoms with E-state index in [-0.39, 0.29) is 5.97 Å². The Bertz CT molecular complexity index is 741. The van der Waals surface area contributed by atoms with Gasteiger partial charge in [0.25, 0.3) is 0 Å². The van der Waals surface area contributed by atoms with Crippen LogP contribution in [0.25, 0.3) is 11.1 Å². The predicted octanol–water partition coefficient (Wildman–Crippen LogP) is 6.76. The summed E-state index contributed by atoms with van der Waals surface area (Å²) in [5, 5.41) is 0. The zero-order valence-corrected chi connectivity index (χ0v) is 17.9. The highest BCUT2D eigenvalue weighted by Crippen LogP contribution is 2.36. The molecule has 0 heterocycles. The average molecular weight is 395 g/mol. The third-order valence-electron chi connectivity index (χ3n) is 6.11. The predicted molar refractivity (Wildman–Crippen MR) is 118 cm³/mol. The Hall–Kier alpha value is -2.29. The Morgan fingerprint density at radius 1 is 0.862 bits per heavy atom. The standard InChI is InChI=1S/C26H34O3/c1-20-7-9-21(10-8-20)22-11-13-23(14-12-22)24-15-17-25(18-16-24)29-19-5-3-4-6-26(27)28-2/h11-18,20-21H,3-10,19H2,1-2H3. The lowest BCUT2D eigenvalue weighted by Crippen LogP contribution is -2.10. The topological polar surface area (TPSA) is 35.5 Å². The minimum atomic E-state index is -0.136. The first kappa shape index (κ1) is 21.4. The van der Waals surface area contributed by atoms with Crippen molar-refractivity contribution in [2.45, 2.75) is 64.2 Å². The third-order valence-corrected chi connectivity index (χ3v) is 6.11. The van der Waals surface area contributed by atoms with E-state index in [9.17, 15) is 4.79 Å². The van der Waals surface area contributed by atoms with Crippen molar-refractivity contribution >= 4 is 5.97 Å². The van der Waals surface area contributed by atoms with E-state index in [1.54, 1.807) is 0 Å². The van der Waals surface area contributed by atoms with Crippen molar-refractivity contribution in [3.8, 4) is 16.9 Å². The molecule has 3 heteroatoms. The maximum absolute atomic E-state index is 11.1. The van der Waals surface area contributed by atoms with Gasteiger partial charge in [-0.3, -0.25) is 4.79 Å². The molecule has 2 aromatic rings. The fourth-order valence-corrected chi connectivity index (χ4v) is 4.13. The van der Waals surface area contributed by atoms with Crippen LogP contribution in [0.3, 0.4) is 0 Å². The summed E-state index contributed by atoms with van der Waals surface area (Å²) in [6.07, 6.45) is 8.64. The summed E-state index contributed by atoms with van der Waals surface area (Å²) < 4.78 is 10.5. The summed E-state index contributed by atoms with van der Waals surface area (Å²) in [5.41, 5.74) is 3.97. The third kappa shape index (κ3) is 6.62. The second-order valence-electron chi connectivity index (χ2n) is 8.34. The molecular formula is C26H34O3. The molecule has 1 saturated carbocycles. The number of hydrogen-bond acceptors (Lipinski definition) is 3. The first-order valence-electron chi connectivity index (χ1n) is 11.1. The highest BCUT2D eigenvalue weighted by Gasteiger charge is 2.19. The highest BCUT2D eigenvalue weighted by atomic mass is 16.5. The fourth-order valence-electron chi connectivity index (χ4n) is 4.13. The average Bonchev–Trinajstić information content (AvgIpc) is 2.77. The minimum absolute atomic E-state index is 0.136. The lowest BCUT2D eigenvalue weighted by Gasteiger charge is -2.26. The number of ether oxygens (including phenoxy) is 2. The molecule has 0 aromatic heterocycles. The number of carbonyl (C=O) groups excluding carboxylic acids is 1. The van der Waals surface area contributed by atoms with Crippen LogP contribution in [0, 0.1) is 5.92 Å². The van der Waals surface area contributed by atoms with Crippen LogP contribution >= 0.6 is 0 Å². The Labute approximate surface area is 175 Å². The molecule has 0 spiro atoms. The van der Waals surface area contributed by atoms with Crippen molar-refractivity contribution in [2.24, 2.45) is 5.92 Å². The first-order valence-corrected chi connectivity index (χ1v) is 11.1. The van der Waals surface area contributed by atoms with Crippen LogP contribution in [0.5, 0.6) is 5.75 Å². The van der Waals surface area contributed by atoms with Crippen molar-refractivity contribution in [1.29, 1.82) is 0 Å². The quantitative estimate of drug-likeness (QED) is 0.348. The largest absolute Gasteiger partial charge is 0.494 e. The van der Waals surface area contributed by atoms with E-state index in [1.807, 2.05) is 12.1 Å². The summed E-state index contributed by atoms with van der Waals surface area (Å²) in [6.45, 7) is 3.05. The number of hydrogen-bond donors (Lipinski definition) is 0. The van der Waals surface area contributed by atoms with Gasteiger partial charge in [0.15, 0.2) is 0 Å². The Morgan fingerprint density at radius 2 is 1.48 bits per heavy atom. The number of methoxy groups -OCH3 is 1. The molecule has 0 N–H and O–H groups in total. The van der Waals surface area contributed by atoms with Crippen LogP contribution in [0.15, 0.2) is 48.5 Å². The van der Waals surface area contributed by atoms with Gasteiger partial charge in [-0.2, -0.15) is 0 Å². The number of esters is 1. The number of unbranched alkanes of at least 4 members (excludes halogenated alkanes) is 2. The molecular weight excluding hydrogens is 360 g/mol. The molecule has 0 aliphatic heterocycles. The SMILES string of the molecule is COC(=O)CCCCCOc1ccc(-c2ccc(C3CCC(C)CC3)cc2)cc1. The summed E-state index contributed by atoms with van der Waals surface area (Å²) in [4.78, 5) is 11.1. The summed E-state index contributed by atoms with van der Waals surface area (Å²) in [6, 6.07) is 17.5. The van der Waals surface area contributed by atoms with Gasteiger partial charge in [-0.05, 0) is 72.8 Å². The Morgan fingerprint density at radius 3 is 2.10 bits per heavy atom. The molecule has 2 aromatic carbocycles. The Kier molecular flexibility index (Phi) is 8.15. The van der Waals surface area contributed by atoms with Crippen LogP contribution in [0.2, 0.25) is 0 Å². The van der Waals surface area contributed by atoms with E-state index in [1.165, 1.54) is 49.5 Å². The van der Waals surface area contributed by atoms with Gasteiger partial charge in [0.2, 0.25) is 0 Å². The lowest BCUT2D eigenvalue weighted by molar-refractivity contribution is -0.140. The molecule has 0 radical (unpaired) electrons. The van der Waals surface area contributed by atoms with Gasteiger partial charge in [-0.1, -0.05) is 56.2 Å². The van der Waals surface area contributed by atoms with E-state index in [0.29, 0.717) is 13.0 Å². The second-order valence-corrected chi connectivity index (χ2v) is 8.34. The van der Waals surface area contributed by atoms with Gasteiger partial charge in [0.05, 0.1) is 13.7 Å². The molecule has 0 unspecified atom stereocenters. The van der Waals surface area contributed by atoms with Crippen molar-refractivity contribution in [1.82, 2.24) is 0 Å². The van der Waals surface area contributed by atoms with Gasteiger partial charge in [0.1, 0.15) is 5.75 Å². The zero-order chi connectivity index (χ0) is 20.5. The number of benzene rings is 2. The van der Waals surface area contributed by atoms with Gasteiger partial charge >= 0.3 is 5.97 Å². The van der Waals surface area contributed by atoms with Crippen molar-refractivity contribution in [2.75, 3.05) is 13.7 Å². The molecule has 0 saturated heterocycles. The normalized spacial score (nSPS) is 19.0. The molecule has 1 aliphatic rings. The maximum atomic E-state index is 11.1. The van der Waals surface area contributed by atoms with E-state index in [4.69, 9.17) is 4.74 Å². The van der Waals surface area contributed by atoms with Crippen LogP contribution < -0.4 is 4.74 Å². The van der Waals surface area contributed by atoms with E-state index < -0.39 is 0 Å². The van der Waals surface area contributed by atoms with E-state index >= 15 is 0 Å². The van der Waals surface area contributed by atoms with E-state index in [0.717, 1.165) is 36.8 Å². The second kappa shape index (κ2) is 11.0. The molecule has 156 valence electrons. The monoisotopic (exact) mass is 394 g/mol. The minimum Gasteiger partial charge on any atom is -0.494 e. The van der Waals surface area contributed by atoms with Gasteiger partial charge < -0.3 is 9.47 Å². The summed E-state index contributed by atoms with van der Waals surface area (Å²) in [5.74, 6) is 2.40. The summed E-state index contributed by atoms with van der Waals surface area (Å²) >= 11 is 0. The molecule has 0 amide bonds. The molecule has 29 heavy (non-hydrogen) atoms. The molecule has 3 nitrogen and oxygen atoms in total. The number of rotatable bonds is 9. The molecule has 0 bridgehead atoms. The maximum Gasteiger partial charge on any atom is 0.305 e. The molecule has 1 fully saturated rings.